The average molecular weight is 395 g/mol. The number of halogens is 1. The third kappa shape index (κ3) is 4.56. The van der Waals surface area contributed by atoms with Gasteiger partial charge in [-0.2, -0.15) is 0 Å². The molecule has 0 heterocycles. The molecular weight excluding hydrogens is 372 g/mol. The van der Waals surface area contributed by atoms with E-state index in [9.17, 15) is 13.2 Å². The third-order valence-electron chi connectivity index (χ3n) is 4.07. The Morgan fingerprint density at radius 3 is 2.23 bits per heavy atom. The summed E-state index contributed by atoms with van der Waals surface area (Å²) >= 11 is 6.09. The molecule has 140 valence electrons. The van der Waals surface area contributed by atoms with Gasteiger partial charge in [0.1, 0.15) is 6.04 Å². The zero-order valence-corrected chi connectivity index (χ0v) is 17.1. The van der Waals surface area contributed by atoms with Crippen molar-refractivity contribution in [3.05, 3.63) is 58.1 Å². The van der Waals surface area contributed by atoms with Crippen LogP contribution in [0.15, 0.2) is 36.4 Å². The van der Waals surface area contributed by atoms with Gasteiger partial charge >= 0.3 is 0 Å². The fourth-order valence-corrected chi connectivity index (χ4v) is 4.20. The summed E-state index contributed by atoms with van der Waals surface area (Å²) in [5, 5.41) is 3.31. The molecule has 2 aromatic carbocycles. The lowest BCUT2D eigenvalue weighted by Gasteiger charge is -2.29. The van der Waals surface area contributed by atoms with Crippen LogP contribution in [0.3, 0.4) is 0 Å². The molecule has 0 fully saturated rings. The molecule has 1 atom stereocenters. The van der Waals surface area contributed by atoms with Crippen molar-refractivity contribution >= 4 is 38.9 Å². The summed E-state index contributed by atoms with van der Waals surface area (Å²) in [4.78, 5) is 12.7. The van der Waals surface area contributed by atoms with Crippen LogP contribution in [0.1, 0.15) is 23.6 Å². The van der Waals surface area contributed by atoms with E-state index in [0.717, 1.165) is 27.3 Å². The fraction of sp³-hybridized carbons (Fsp3) is 0.316. The first-order valence-corrected chi connectivity index (χ1v) is 10.4. The largest absolute Gasteiger partial charge is 0.324 e. The molecule has 0 saturated heterocycles. The van der Waals surface area contributed by atoms with E-state index in [2.05, 4.69) is 5.32 Å². The predicted molar refractivity (Wildman–Crippen MR) is 108 cm³/mol. The quantitative estimate of drug-likeness (QED) is 0.831. The minimum Gasteiger partial charge on any atom is -0.324 e. The van der Waals surface area contributed by atoms with Crippen LogP contribution in [-0.2, 0) is 14.8 Å². The number of hydrogen-bond donors (Lipinski definition) is 1. The standard InChI is InChI=1S/C19H23ClN2O3S/c1-12-9-13(2)11-16(10-12)22(26(5,24)25)15(4)19(23)21-18-8-6-7-17(20)14(18)3/h6-11,15H,1-5H3,(H,21,23)/t15-/m1/s1. The Morgan fingerprint density at radius 1 is 1.12 bits per heavy atom. The van der Waals surface area contributed by atoms with Gasteiger partial charge < -0.3 is 5.32 Å². The number of benzene rings is 2. The van der Waals surface area contributed by atoms with Crippen LogP contribution in [0.4, 0.5) is 11.4 Å². The van der Waals surface area contributed by atoms with Crippen molar-refractivity contribution in [3.63, 3.8) is 0 Å². The molecule has 0 aliphatic carbocycles. The van der Waals surface area contributed by atoms with Crippen molar-refractivity contribution in [2.45, 2.75) is 33.7 Å². The van der Waals surface area contributed by atoms with Crippen molar-refractivity contribution in [1.29, 1.82) is 0 Å². The van der Waals surface area contributed by atoms with E-state index >= 15 is 0 Å². The Bertz CT molecular complexity index is 922. The van der Waals surface area contributed by atoms with Crippen LogP contribution in [0.2, 0.25) is 5.02 Å². The lowest BCUT2D eigenvalue weighted by Crippen LogP contribution is -2.45. The summed E-state index contributed by atoms with van der Waals surface area (Å²) in [6, 6.07) is 9.72. The predicted octanol–water partition coefficient (Wildman–Crippen LogP) is 4.06. The summed E-state index contributed by atoms with van der Waals surface area (Å²) in [7, 11) is -3.66. The monoisotopic (exact) mass is 394 g/mol. The summed E-state index contributed by atoms with van der Waals surface area (Å²) < 4.78 is 25.9. The molecule has 0 radical (unpaired) electrons. The van der Waals surface area contributed by atoms with E-state index in [1.807, 2.05) is 19.9 Å². The molecule has 5 nitrogen and oxygen atoms in total. The summed E-state index contributed by atoms with van der Waals surface area (Å²) in [6.07, 6.45) is 1.10. The minimum atomic E-state index is -3.66. The number of carbonyl (C=O) groups excluding carboxylic acids is 1. The maximum Gasteiger partial charge on any atom is 0.248 e. The second-order valence-corrected chi connectivity index (χ2v) is 8.75. The normalized spacial score (nSPS) is 12.5. The van der Waals surface area contributed by atoms with E-state index in [-0.39, 0.29) is 0 Å². The summed E-state index contributed by atoms with van der Waals surface area (Å²) in [5.41, 5.74) is 3.60. The number of anilines is 2. The number of carbonyl (C=O) groups is 1. The van der Waals surface area contributed by atoms with Crippen LogP contribution < -0.4 is 9.62 Å². The first-order chi connectivity index (χ1) is 12.0. The second-order valence-electron chi connectivity index (χ2n) is 6.48. The minimum absolute atomic E-state index is 0.431. The Kier molecular flexibility index (Phi) is 5.98. The topological polar surface area (TPSA) is 66.5 Å². The molecular formula is C19H23ClN2O3S. The van der Waals surface area contributed by atoms with E-state index < -0.39 is 22.0 Å². The maximum atomic E-state index is 12.7. The van der Waals surface area contributed by atoms with Gasteiger partial charge in [0, 0.05) is 10.7 Å². The smallest absolute Gasteiger partial charge is 0.248 e. The van der Waals surface area contributed by atoms with E-state index in [1.54, 1.807) is 44.2 Å². The van der Waals surface area contributed by atoms with E-state index in [0.29, 0.717) is 16.4 Å². The second kappa shape index (κ2) is 7.68. The molecule has 0 saturated carbocycles. The van der Waals surface area contributed by atoms with Crippen molar-refractivity contribution in [1.82, 2.24) is 0 Å². The van der Waals surface area contributed by atoms with E-state index in [4.69, 9.17) is 11.6 Å². The third-order valence-corrected chi connectivity index (χ3v) is 5.73. The van der Waals surface area contributed by atoms with Crippen LogP contribution in [-0.4, -0.2) is 26.6 Å². The zero-order chi connectivity index (χ0) is 19.6. The number of amides is 1. The molecule has 2 aromatic rings. The van der Waals surface area contributed by atoms with Gasteiger partial charge in [0.25, 0.3) is 0 Å². The van der Waals surface area contributed by atoms with Gasteiger partial charge in [-0.15, -0.1) is 0 Å². The van der Waals surface area contributed by atoms with Crippen molar-refractivity contribution < 1.29 is 13.2 Å². The van der Waals surface area contributed by atoms with Gasteiger partial charge in [0.2, 0.25) is 15.9 Å². The first-order valence-electron chi connectivity index (χ1n) is 8.14. The number of nitrogens with zero attached hydrogens (tertiary/aromatic N) is 1. The van der Waals surface area contributed by atoms with Gasteiger partial charge in [-0.25, -0.2) is 8.42 Å². The molecule has 0 aliphatic rings. The molecule has 0 spiro atoms. The first kappa shape index (κ1) is 20.3. The maximum absolute atomic E-state index is 12.7. The van der Waals surface area contributed by atoms with Gasteiger partial charge in [-0.1, -0.05) is 23.7 Å². The Balaban J connectivity index is 2.39. The molecule has 0 aliphatic heterocycles. The van der Waals surface area contributed by atoms with Crippen LogP contribution >= 0.6 is 11.6 Å². The molecule has 0 bridgehead atoms. The van der Waals surface area contributed by atoms with Crippen molar-refractivity contribution in [2.24, 2.45) is 0 Å². The van der Waals surface area contributed by atoms with Gasteiger partial charge in [0.05, 0.1) is 11.9 Å². The fourth-order valence-electron chi connectivity index (χ4n) is 2.87. The molecule has 1 amide bonds. The highest BCUT2D eigenvalue weighted by atomic mass is 35.5. The van der Waals surface area contributed by atoms with Crippen molar-refractivity contribution in [3.8, 4) is 0 Å². The average Bonchev–Trinajstić information content (AvgIpc) is 2.49. The summed E-state index contributed by atoms with van der Waals surface area (Å²) in [6.45, 7) is 7.13. The number of nitrogens with one attached hydrogen (secondary N) is 1. The Morgan fingerprint density at radius 2 is 1.69 bits per heavy atom. The number of aryl methyl sites for hydroxylation is 2. The van der Waals surface area contributed by atoms with Crippen LogP contribution in [0.5, 0.6) is 0 Å². The van der Waals surface area contributed by atoms with Crippen molar-refractivity contribution in [2.75, 3.05) is 15.9 Å². The number of sulfonamides is 1. The Labute approximate surface area is 160 Å². The lowest BCUT2D eigenvalue weighted by atomic mass is 10.1. The molecule has 2 rings (SSSR count). The number of rotatable bonds is 5. The molecule has 0 aromatic heterocycles. The summed E-state index contributed by atoms with van der Waals surface area (Å²) in [5.74, 6) is -0.431. The highest BCUT2D eigenvalue weighted by Crippen LogP contribution is 2.26. The molecule has 0 unspecified atom stereocenters. The van der Waals surface area contributed by atoms with Gasteiger partial charge in [-0.3, -0.25) is 9.10 Å². The molecule has 26 heavy (non-hydrogen) atoms. The van der Waals surface area contributed by atoms with Crippen LogP contribution in [0.25, 0.3) is 0 Å². The number of hydrogen-bond acceptors (Lipinski definition) is 3. The van der Waals surface area contributed by atoms with Crippen LogP contribution in [0, 0.1) is 20.8 Å². The van der Waals surface area contributed by atoms with Gasteiger partial charge in [0.15, 0.2) is 0 Å². The SMILES string of the molecule is Cc1cc(C)cc(N([C@H](C)C(=O)Nc2cccc(Cl)c2C)S(C)(=O)=O)c1. The van der Waals surface area contributed by atoms with E-state index in [1.165, 1.54) is 0 Å². The Hall–Kier alpha value is -2.05. The highest BCUT2D eigenvalue weighted by molar-refractivity contribution is 7.92. The zero-order valence-electron chi connectivity index (χ0n) is 15.5. The highest BCUT2D eigenvalue weighted by Gasteiger charge is 2.29. The molecule has 7 heteroatoms. The van der Waals surface area contributed by atoms with Gasteiger partial charge in [-0.05, 0) is 68.7 Å². The molecule has 1 N–H and O–H groups in total. The lowest BCUT2D eigenvalue weighted by molar-refractivity contribution is -0.116.